The minimum atomic E-state index is -1.17. The summed E-state index contributed by atoms with van der Waals surface area (Å²) in [6.45, 7) is 0. The first-order chi connectivity index (χ1) is 8.00. The second kappa shape index (κ2) is 4.10. The fourth-order valence-corrected chi connectivity index (χ4v) is 2.37. The number of nitrogens with two attached hydrogens (primary N) is 2. The predicted molar refractivity (Wildman–Crippen MR) is 63.3 cm³/mol. The average molecular weight is 251 g/mol. The Morgan fingerprint density at radius 2 is 2.06 bits per heavy atom. The van der Waals surface area contributed by atoms with Crippen LogP contribution in [0.5, 0.6) is 0 Å². The lowest BCUT2D eigenvalue weighted by Gasteiger charge is -2.26. The van der Waals surface area contributed by atoms with Crippen LogP contribution in [-0.4, -0.2) is 23.5 Å². The van der Waals surface area contributed by atoms with E-state index in [1.54, 1.807) is 12.1 Å². The van der Waals surface area contributed by atoms with Crippen molar-refractivity contribution in [3.05, 3.63) is 18.2 Å². The molecule has 0 atom stereocenters. The molecule has 1 aliphatic rings. The lowest BCUT2D eigenvalue weighted by atomic mass is 10.2. The quantitative estimate of drug-likeness (QED) is 0.487. The van der Waals surface area contributed by atoms with Crippen LogP contribution in [0, 0.1) is 0 Å². The van der Waals surface area contributed by atoms with Crippen LogP contribution in [0.4, 0.5) is 11.4 Å². The Morgan fingerprint density at radius 3 is 2.71 bits per heavy atom. The Morgan fingerprint density at radius 1 is 1.35 bits per heavy atom. The zero-order chi connectivity index (χ0) is 12.6. The van der Waals surface area contributed by atoms with Crippen molar-refractivity contribution in [1.29, 1.82) is 0 Å². The molecule has 7 heteroatoms. The van der Waals surface area contributed by atoms with E-state index in [-0.39, 0.29) is 5.75 Å². The van der Waals surface area contributed by atoms with Gasteiger partial charge in [-0.2, -0.15) is 0 Å². The van der Waals surface area contributed by atoms with E-state index in [9.17, 15) is 14.4 Å². The fraction of sp³-hybridized carbons (Fsp3) is 0.100. The third-order valence-electron chi connectivity index (χ3n) is 2.24. The fourth-order valence-electron chi connectivity index (χ4n) is 1.50. The molecule has 1 aromatic rings. The van der Waals surface area contributed by atoms with Gasteiger partial charge >= 0.3 is 11.8 Å². The predicted octanol–water partition coefficient (Wildman–Crippen LogP) is -0.281. The summed E-state index contributed by atoms with van der Waals surface area (Å²) in [5.41, 5.74) is 11.2. The number of carbonyl (C=O) groups excluding carboxylic acids is 3. The average Bonchev–Trinajstić information content (AvgIpc) is 2.27. The summed E-state index contributed by atoms with van der Waals surface area (Å²) in [6.07, 6.45) is 0. The first-order valence-corrected chi connectivity index (χ1v) is 5.68. The largest absolute Gasteiger partial charge is 0.399 e. The summed E-state index contributed by atoms with van der Waals surface area (Å²) in [5.74, 6) is -2.59. The number of hydrogen-bond acceptors (Lipinski definition) is 5. The summed E-state index contributed by atoms with van der Waals surface area (Å²) in [4.78, 5) is 35.6. The number of anilines is 2. The van der Waals surface area contributed by atoms with Crippen molar-refractivity contribution in [3.8, 4) is 0 Å². The van der Waals surface area contributed by atoms with E-state index in [1.807, 2.05) is 0 Å². The molecule has 0 fully saturated rings. The van der Waals surface area contributed by atoms with E-state index in [0.29, 0.717) is 16.3 Å². The van der Waals surface area contributed by atoms with Crippen LogP contribution in [0.15, 0.2) is 23.1 Å². The summed E-state index contributed by atoms with van der Waals surface area (Å²) < 4.78 is 0. The van der Waals surface area contributed by atoms with Crippen molar-refractivity contribution in [2.45, 2.75) is 4.90 Å². The van der Waals surface area contributed by atoms with Gasteiger partial charge in [0.2, 0.25) is 5.91 Å². The Kier molecular flexibility index (Phi) is 2.76. The number of amides is 3. The maximum Gasteiger partial charge on any atom is 0.322 e. The van der Waals surface area contributed by atoms with Crippen molar-refractivity contribution >= 4 is 40.9 Å². The Hall–Kier alpha value is -2.02. The van der Waals surface area contributed by atoms with Crippen molar-refractivity contribution in [3.63, 3.8) is 0 Å². The second-order valence-corrected chi connectivity index (χ2v) is 4.43. The molecule has 0 bridgehead atoms. The van der Waals surface area contributed by atoms with E-state index < -0.39 is 17.7 Å². The zero-order valence-electron chi connectivity index (χ0n) is 8.67. The summed E-state index contributed by atoms with van der Waals surface area (Å²) in [6, 6.07) is 4.83. The van der Waals surface area contributed by atoms with E-state index in [0.717, 1.165) is 4.90 Å². The van der Waals surface area contributed by atoms with Gasteiger partial charge < -0.3 is 11.5 Å². The molecule has 2 rings (SSSR count). The number of carbonyl (C=O) groups is 3. The number of imide groups is 1. The van der Waals surface area contributed by atoms with Crippen LogP contribution in [0.25, 0.3) is 0 Å². The Balaban J connectivity index is 2.53. The molecule has 0 spiro atoms. The van der Waals surface area contributed by atoms with Gasteiger partial charge in [-0.1, -0.05) is 0 Å². The first kappa shape index (κ1) is 11.5. The van der Waals surface area contributed by atoms with Gasteiger partial charge in [0.15, 0.2) is 0 Å². The van der Waals surface area contributed by atoms with Gasteiger partial charge in [0.1, 0.15) is 0 Å². The molecule has 0 saturated heterocycles. The number of nitrogens with zero attached hydrogens (tertiary/aromatic N) is 1. The van der Waals surface area contributed by atoms with Crippen LogP contribution in [-0.2, 0) is 14.4 Å². The van der Waals surface area contributed by atoms with Crippen LogP contribution in [0.1, 0.15) is 0 Å². The molecule has 0 radical (unpaired) electrons. The standard InChI is InChI=1S/C10H9N3O3S/c11-5-1-2-7-6(3-5)13(8(14)4-17-7)10(16)9(12)15/h1-3H,4,11H2,(H2,12,15). The second-order valence-electron chi connectivity index (χ2n) is 3.41. The number of primary amides is 1. The van der Waals surface area contributed by atoms with Crippen LogP contribution in [0.3, 0.4) is 0 Å². The van der Waals surface area contributed by atoms with E-state index in [4.69, 9.17) is 11.5 Å². The summed E-state index contributed by atoms with van der Waals surface area (Å²) >= 11 is 1.29. The molecule has 6 nitrogen and oxygen atoms in total. The molecule has 1 heterocycles. The highest BCUT2D eigenvalue weighted by Crippen LogP contribution is 2.36. The zero-order valence-corrected chi connectivity index (χ0v) is 9.49. The van der Waals surface area contributed by atoms with E-state index in [2.05, 4.69) is 0 Å². The number of fused-ring (bicyclic) bond motifs is 1. The highest BCUT2D eigenvalue weighted by atomic mass is 32.2. The minimum Gasteiger partial charge on any atom is -0.399 e. The number of thioether (sulfide) groups is 1. The van der Waals surface area contributed by atoms with Gasteiger partial charge in [-0.05, 0) is 18.2 Å². The van der Waals surface area contributed by atoms with E-state index >= 15 is 0 Å². The molecule has 1 aromatic carbocycles. The monoisotopic (exact) mass is 251 g/mol. The third kappa shape index (κ3) is 1.96. The normalized spacial score (nSPS) is 14.4. The van der Waals surface area contributed by atoms with Crippen LogP contribution < -0.4 is 16.4 Å². The number of nitrogen functional groups attached to an aromatic ring is 1. The molecule has 4 N–H and O–H groups in total. The van der Waals surface area contributed by atoms with Gasteiger partial charge in [-0.3, -0.25) is 14.4 Å². The molecule has 88 valence electrons. The van der Waals surface area contributed by atoms with Gasteiger partial charge in [0.25, 0.3) is 0 Å². The lowest BCUT2D eigenvalue weighted by Crippen LogP contribution is -2.46. The minimum absolute atomic E-state index is 0.0932. The lowest BCUT2D eigenvalue weighted by molar-refractivity contribution is -0.137. The first-order valence-electron chi connectivity index (χ1n) is 4.69. The van der Waals surface area contributed by atoms with Crippen molar-refractivity contribution in [2.75, 3.05) is 16.4 Å². The highest BCUT2D eigenvalue weighted by molar-refractivity contribution is 8.00. The van der Waals surface area contributed by atoms with Crippen LogP contribution in [0.2, 0.25) is 0 Å². The number of rotatable bonds is 0. The SMILES string of the molecule is NC(=O)C(=O)N1C(=O)CSc2ccc(N)cc21. The summed E-state index contributed by atoms with van der Waals surface area (Å²) in [5, 5.41) is 0. The van der Waals surface area contributed by atoms with Gasteiger partial charge in [0.05, 0.1) is 11.4 Å². The molecular weight excluding hydrogens is 242 g/mol. The van der Waals surface area contributed by atoms with Gasteiger partial charge in [-0.25, -0.2) is 4.90 Å². The van der Waals surface area contributed by atoms with Gasteiger partial charge in [0, 0.05) is 10.6 Å². The Bertz CT molecular complexity index is 530. The molecule has 0 aromatic heterocycles. The number of hydrogen-bond donors (Lipinski definition) is 2. The Labute approximate surface area is 101 Å². The van der Waals surface area contributed by atoms with Crippen LogP contribution >= 0.6 is 11.8 Å². The topological polar surface area (TPSA) is 106 Å². The number of benzene rings is 1. The van der Waals surface area contributed by atoms with Crippen molar-refractivity contribution < 1.29 is 14.4 Å². The molecule has 0 saturated carbocycles. The van der Waals surface area contributed by atoms with Crippen molar-refractivity contribution in [2.24, 2.45) is 5.73 Å². The summed E-state index contributed by atoms with van der Waals surface area (Å²) in [7, 11) is 0. The molecule has 0 aliphatic carbocycles. The van der Waals surface area contributed by atoms with Gasteiger partial charge in [-0.15, -0.1) is 11.8 Å². The maximum absolute atomic E-state index is 11.6. The smallest absolute Gasteiger partial charge is 0.322 e. The molecule has 0 unspecified atom stereocenters. The van der Waals surface area contributed by atoms with E-state index in [1.165, 1.54) is 17.8 Å². The third-order valence-corrected chi connectivity index (χ3v) is 3.29. The highest BCUT2D eigenvalue weighted by Gasteiger charge is 2.32. The molecule has 3 amide bonds. The maximum atomic E-state index is 11.6. The van der Waals surface area contributed by atoms with Crippen molar-refractivity contribution in [1.82, 2.24) is 0 Å². The molecular formula is C10H9N3O3S. The molecule has 1 aliphatic heterocycles. The molecule has 17 heavy (non-hydrogen) atoms.